The summed E-state index contributed by atoms with van der Waals surface area (Å²) in [5, 5.41) is 6.14. The van der Waals surface area contributed by atoms with Gasteiger partial charge in [-0.05, 0) is 45.9 Å². The minimum absolute atomic E-state index is 0.976. The van der Waals surface area contributed by atoms with Gasteiger partial charge in [-0.15, -0.1) is 0 Å². The van der Waals surface area contributed by atoms with E-state index in [4.69, 9.17) is 0 Å². The molecule has 0 aliphatic carbocycles. The molecule has 2 N–H and O–H groups in total. The van der Waals surface area contributed by atoms with Crippen molar-refractivity contribution in [3.8, 4) is 0 Å². The fourth-order valence-electron chi connectivity index (χ4n) is 1.27. The van der Waals surface area contributed by atoms with Crippen LogP contribution >= 0.6 is 0 Å². The summed E-state index contributed by atoms with van der Waals surface area (Å²) < 4.78 is 0. The molecule has 0 radical (unpaired) electrons. The molecule has 0 bridgehead atoms. The van der Waals surface area contributed by atoms with Crippen LogP contribution in [0.5, 0.6) is 0 Å². The van der Waals surface area contributed by atoms with Crippen LogP contribution in [0, 0.1) is 5.92 Å². The van der Waals surface area contributed by atoms with Crippen LogP contribution in [0.3, 0.4) is 0 Å². The summed E-state index contributed by atoms with van der Waals surface area (Å²) in [5.41, 5.74) is 0. The van der Waals surface area contributed by atoms with E-state index in [0.29, 0.717) is 0 Å². The van der Waals surface area contributed by atoms with Crippen molar-refractivity contribution in [2.24, 2.45) is 5.92 Å². The Morgan fingerprint density at radius 1 is 1.45 bits per heavy atom. The lowest BCUT2D eigenvalue weighted by atomic mass is 9.97. The Labute approximate surface area is 70.8 Å². The average Bonchev–Trinajstić information content (AvgIpc) is 2.08. The van der Waals surface area contributed by atoms with E-state index in [0.717, 1.165) is 5.92 Å². The molecule has 0 spiro atoms. The van der Waals surface area contributed by atoms with Gasteiger partial charge in [-0.3, -0.25) is 0 Å². The van der Waals surface area contributed by atoms with Crippen molar-refractivity contribution in [2.75, 3.05) is 27.2 Å². The molecule has 0 aromatic rings. The normalized spacial score (nSPS) is 23.7. The third-order valence-electron chi connectivity index (χ3n) is 1.98. The lowest BCUT2D eigenvalue weighted by molar-refractivity contribution is 0.369. The van der Waals surface area contributed by atoms with Crippen LogP contribution in [0.4, 0.5) is 0 Å². The van der Waals surface area contributed by atoms with Crippen molar-refractivity contribution in [3.63, 3.8) is 0 Å². The maximum Gasteiger partial charge on any atom is -0.00206 e. The number of hydrogen-bond acceptors (Lipinski definition) is 2. The van der Waals surface area contributed by atoms with Crippen LogP contribution < -0.4 is 10.6 Å². The number of hydrogen-bond donors (Lipinski definition) is 2. The average molecular weight is 158 g/mol. The second-order valence-electron chi connectivity index (χ2n) is 3.12. The fourth-order valence-corrected chi connectivity index (χ4v) is 1.27. The highest BCUT2D eigenvalue weighted by Gasteiger charge is 2.08. The maximum absolute atomic E-state index is 3.39. The summed E-state index contributed by atoms with van der Waals surface area (Å²) in [5.74, 6) is 0.976. The van der Waals surface area contributed by atoms with Crippen LogP contribution in [0.2, 0.25) is 0 Å². The first kappa shape index (κ1) is 10.9. The molecule has 1 fully saturated rings. The molecule has 68 valence electrons. The summed E-state index contributed by atoms with van der Waals surface area (Å²) in [6, 6.07) is 0. The molecule has 1 heterocycles. The first-order valence-electron chi connectivity index (χ1n) is 4.64. The van der Waals surface area contributed by atoms with Gasteiger partial charge in [0.05, 0.1) is 0 Å². The van der Waals surface area contributed by atoms with Gasteiger partial charge in [0, 0.05) is 0 Å². The van der Waals surface area contributed by atoms with E-state index in [2.05, 4.69) is 17.6 Å². The summed E-state index contributed by atoms with van der Waals surface area (Å²) in [6.07, 6.45) is 4.19. The molecule has 1 aliphatic rings. The molecule has 0 aromatic heterocycles. The van der Waals surface area contributed by atoms with Gasteiger partial charge >= 0.3 is 0 Å². The van der Waals surface area contributed by atoms with E-state index < -0.39 is 0 Å². The minimum atomic E-state index is 0.976. The Morgan fingerprint density at radius 2 is 2.09 bits per heavy atom. The van der Waals surface area contributed by atoms with Crippen LogP contribution in [-0.4, -0.2) is 27.2 Å². The Bertz CT molecular complexity index is 68.0. The van der Waals surface area contributed by atoms with Gasteiger partial charge in [0.15, 0.2) is 0 Å². The third kappa shape index (κ3) is 6.32. The predicted octanol–water partition coefficient (Wildman–Crippen LogP) is 1.23. The minimum Gasteiger partial charge on any atom is -0.323 e. The number of piperidine rings is 1. The lowest BCUT2D eigenvalue weighted by Gasteiger charge is -2.20. The van der Waals surface area contributed by atoms with Crippen molar-refractivity contribution < 1.29 is 0 Å². The molecule has 1 aliphatic heterocycles. The summed E-state index contributed by atoms with van der Waals surface area (Å²) in [6.45, 7) is 4.78. The largest absolute Gasteiger partial charge is 0.323 e. The van der Waals surface area contributed by atoms with Crippen molar-refractivity contribution in [1.29, 1.82) is 0 Å². The lowest BCUT2D eigenvalue weighted by Crippen LogP contribution is -2.29. The summed E-state index contributed by atoms with van der Waals surface area (Å²) in [4.78, 5) is 0. The monoisotopic (exact) mass is 158 g/mol. The van der Waals surface area contributed by atoms with Gasteiger partial charge < -0.3 is 10.6 Å². The molecule has 1 saturated heterocycles. The van der Waals surface area contributed by atoms with Crippen LogP contribution in [0.1, 0.15) is 26.2 Å². The molecule has 0 aromatic carbocycles. The molecular formula is C9H22N2. The predicted molar refractivity (Wildman–Crippen MR) is 50.9 cm³/mol. The quantitative estimate of drug-likeness (QED) is 0.600. The second kappa shape index (κ2) is 8.02. The first-order chi connectivity index (χ1) is 5.35. The van der Waals surface area contributed by atoms with Gasteiger partial charge in [0.2, 0.25) is 0 Å². The van der Waals surface area contributed by atoms with Crippen LogP contribution in [0.15, 0.2) is 0 Å². The van der Waals surface area contributed by atoms with E-state index in [9.17, 15) is 0 Å². The summed E-state index contributed by atoms with van der Waals surface area (Å²) in [7, 11) is 3.75. The highest BCUT2D eigenvalue weighted by atomic mass is 14.9. The molecule has 1 atom stereocenters. The first-order valence-corrected chi connectivity index (χ1v) is 4.64. The van der Waals surface area contributed by atoms with Gasteiger partial charge in [-0.25, -0.2) is 0 Å². The van der Waals surface area contributed by atoms with Crippen molar-refractivity contribution in [1.82, 2.24) is 10.6 Å². The molecule has 11 heavy (non-hydrogen) atoms. The number of nitrogens with one attached hydrogen (secondary N) is 2. The second-order valence-corrected chi connectivity index (χ2v) is 3.12. The zero-order valence-corrected chi connectivity index (χ0v) is 8.11. The molecule has 2 nitrogen and oxygen atoms in total. The van der Waals surface area contributed by atoms with Gasteiger partial charge in [0.1, 0.15) is 0 Å². The topological polar surface area (TPSA) is 24.1 Å². The zero-order chi connectivity index (χ0) is 8.53. The van der Waals surface area contributed by atoms with E-state index in [1.165, 1.54) is 32.4 Å². The Balaban J connectivity index is 0.000000292. The van der Waals surface area contributed by atoms with Gasteiger partial charge in [-0.1, -0.05) is 13.3 Å². The molecule has 1 rings (SSSR count). The molecular weight excluding hydrogens is 136 g/mol. The Kier molecular flexibility index (Phi) is 7.96. The SMILES string of the molecule is CCC1CCCNC1.CNC. The van der Waals surface area contributed by atoms with Crippen LogP contribution in [0.25, 0.3) is 0 Å². The van der Waals surface area contributed by atoms with Gasteiger partial charge in [0.25, 0.3) is 0 Å². The van der Waals surface area contributed by atoms with Gasteiger partial charge in [-0.2, -0.15) is 0 Å². The molecule has 0 amide bonds. The van der Waals surface area contributed by atoms with Crippen molar-refractivity contribution in [2.45, 2.75) is 26.2 Å². The standard InChI is InChI=1S/C7H15N.C2H7N/c1-2-7-4-3-5-8-6-7;1-3-2/h7-8H,2-6H2,1H3;3H,1-2H3. The Hall–Kier alpha value is -0.0800. The van der Waals surface area contributed by atoms with E-state index in [1.807, 2.05) is 14.1 Å². The molecule has 2 heteroatoms. The maximum atomic E-state index is 3.39. The summed E-state index contributed by atoms with van der Waals surface area (Å²) >= 11 is 0. The molecule has 1 unspecified atom stereocenters. The molecule has 0 saturated carbocycles. The highest BCUT2D eigenvalue weighted by Crippen LogP contribution is 2.12. The third-order valence-corrected chi connectivity index (χ3v) is 1.98. The zero-order valence-electron chi connectivity index (χ0n) is 8.11. The van der Waals surface area contributed by atoms with Crippen molar-refractivity contribution in [3.05, 3.63) is 0 Å². The smallest absolute Gasteiger partial charge is 0.00206 e. The fraction of sp³-hybridized carbons (Fsp3) is 1.00. The highest BCUT2D eigenvalue weighted by molar-refractivity contribution is 4.66. The Morgan fingerprint density at radius 3 is 2.36 bits per heavy atom. The van der Waals surface area contributed by atoms with Crippen LogP contribution in [-0.2, 0) is 0 Å². The van der Waals surface area contributed by atoms with E-state index >= 15 is 0 Å². The van der Waals surface area contributed by atoms with Crippen molar-refractivity contribution >= 4 is 0 Å². The van der Waals surface area contributed by atoms with E-state index in [-0.39, 0.29) is 0 Å². The number of rotatable bonds is 1. The van der Waals surface area contributed by atoms with E-state index in [1.54, 1.807) is 0 Å².